The summed E-state index contributed by atoms with van der Waals surface area (Å²) in [5.41, 5.74) is 15.9. The first-order valence-electron chi connectivity index (χ1n) is 7.98. The summed E-state index contributed by atoms with van der Waals surface area (Å²) in [5, 5.41) is 9.98. The Labute approximate surface area is 139 Å². The number of nitriles is 1. The molecule has 1 fully saturated rings. The van der Waals surface area contributed by atoms with Gasteiger partial charge >= 0.3 is 0 Å². The van der Waals surface area contributed by atoms with Crippen LogP contribution in [0.5, 0.6) is 0 Å². The molecule has 1 aliphatic rings. The third kappa shape index (κ3) is 3.39. The first kappa shape index (κ1) is 16.0. The van der Waals surface area contributed by atoms with Crippen molar-refractivity contribution in [2.75, 3.05) is 5.73 Å². The number of nitrogen functional groups attached to an aromatic ring is 1. The minimum Gasteiger partial charge on any atom is -0.398 e. The summed E-state index contributed by atoms with van der Waals surface area (Å²) in [5.74, 6) is 0.814. The normalized spacial score (nSPS) is 16.6. The fourth-order valence-electron chi connectivity index (χ4n) is 2.99. The number of nitrogens with zero attached hydrogens (tertiary/aromatic N) is 1. The Kier molecular flexibility index (Phi) is 4.39. The van der Waals surface area contributed by atoms with Crippen molar-refractivity contribution < 1.29 is 0 Å². The number of benzene rings is 2. The lowest BCUT2D eigenvalue weighted by Gasteiger charge is -2.31. The fourth-order valence-corrected chi connectivity index (χ4v) is 3.17. The van der Waals surface area contributed by atoms with E-state index in [9.17, 15) is 0 Å². The van der Waals surface area contributed by atoms with Crippen LogP contribution in [0, 0.1) is 17.2 Å². The van der Waals surface area contributed by atoms with Crippen molar-refractivity contribution in [2.24, 2.45) is 11.7 Å². The predicted molar refractivity (Wildman–Crippen MR) is 98.3 cm³/mol. The molecule has 0 spiro atoms. The third-order valence-corrected chi connectivity index (χ3v) is 5.30. The number of hydrogen-bond acceptors (Lipinski definition) is 3. The van der Waals surface area contributed by atoms with Crippen LogP contribution in [0.3, 0.4) is 0 Å². The van der Waals surface area contributed by atoms with Gasteiger partial charge < -0.3 is 11.5 Å². The molecule has 4 N–H and O–H groups in total. The highest BCUT2D eigenvalue weighted by Gasteiger charge is 2.33. The Balaban J connectivity index is 2.00. The Morgan fingerprint density at radius 3 is 2.35 bits per heavy atom. The van der Waals surface area contributed by atoms with E-state index in [1.165, 1.54) is 12.8 Å². The van der Waals surface area contributed by atoms with Crippen LogP contribution in [0.25, 0.3) is 0 Å². The summed E-state index contributed by atoms with van der Waals surface area (Å²) < 4.78 is 0. The molecule has 1 aliphatic carbocycles. The topological polar surface area (TPSA) is 75.8 Å². The molecule has 2 aromatic rings. The molecular formula is C19H22N3P. The molecule has 2 aromatic carbocycles. The van der Waals surface area contributed by atoms with Gasteiger partial charge in [0.15, 0.2) is 0 Å². The van der Waals surface area contributed by atoms with Gasteiger partial charge in [-0.2, -0.15) is 5.26 Å². The van der Waals surface area contributed by atoms with Crippen molar-refractivity contribution in [3.63, 3.8) is 0 Å². The molecule has 118 valence electrons. The lowest BCUT2D eigenvalue weighted by atomic mass is 9.79. The zero-order valence-corrected chi connectivity index (χ0v) is 14.3. The van der Waals surface area contributed by atoms with E-state index in [1.54, 1.807) is 0 Å². The second-order valence-electron chi connectivity index (χ2n) is 6.49. The first-order valence-corrected chi connectivity index (χ1v) is 8.55. The Hall–Kier alpha value is -1.88. The summed E-state index contributed by atoms with van der Waals surface area (Å²) in [4.78, 5) is 0. The van der Waals surface area contributed by atoms with Crippen LogP contribution in [0.2, 0.25) is 0 Å². The monoisotopic (exact) mass is 323 g/mol. The van der Waals surface area contributed by atoms with Gasteiger partial charge in [-0.25, -0.2) is 0 Å². The third-order valence-electron chi connectivity index (χ3n) is 4.77. The molecule has 4 heteroatoms. The largest absolute Gasteiger partial charge is 0.398 e. The maximum absolute atomic E-state index is 9.00. The van der Waals surface area contributed by atoms with Gasteiger partial charge in [0.2, 0.25) is 0 Å². The lowest BCUT2D eigenvalue weighted by molar-refractivity contribution is 0.455. The van der Waals surface area contributed by atoms with E-state index in [0.29, 0.717) is 5.56 Å². The maximum Gasteiger partial charge on any atom is 0.0991 e. The van der Waals surface area contributed by atoms with Gasteiger partial charge in [0.25, 0.3) is 0 Å². The maximum atomic E-state index is 9.00. The molecule has 2 unspecified atom stereocenters. The average molecular weight is 323 g/mol. The minimum atomic E-state index is -0.566. The molecule has 1 saturated carbocycles. The SMILES string of the molecule is N#Cc1ccc(C(N)(CCC2CC2)c2ccc(P)c(N)c2)cc1. The summed E-state index contributed by atoms with van der Waals surface area (Å²) in [7, 11) is 2.64. The summed E-state index contributed by atoms with van der Waals surface area (Å²) in [6, 6.07) is 15.8. The van der Waals surface area contributed by atoms with Crippen LogP contribution in [0.15, 0.2) is 42.5 Å². The number of rotatable bonds is 5. The molecule has 23 heavy (non-hydrogen) atoms. The molecule has 0 saturated heterocycles. The van der Waals surface area contributed by atoms with Gasteiger partial charge in [0.05, 0.1) is 17.2 Å². The summed E-state index contributed by atoms with van der Waals surface area (Å²) in [6.07, 6.45) is 4.64. The van der Waals surface area contributed by atoms with E-state index < -0.39 is 5.54 Å². The van der Waals surface area contributed by atoms with Crippen molar-refractivity contribution in [3.05, 3.63) is 59.2 Å². The van der Waals surface area contributed by atoms with Crippen LogP contribution in [-0.4, -0.2) is 0 Å². The predicted octanol–water partition coefficient (Wildman–Crippen LogP) is 3.03. The van der Waals surface area contributed by atoms with Crippen LogP contribution < -0.4 is 16.8 Å². The fraction of sp³-hybridized carbons (Fsp3) is 0.316. The Morgan fingerprint density at radius 2 is 1.78 bits per heavy atom. The molecule has 0 heterocycles. The molecule has 0 aliphatic heterocycles. The summed E-state index contributed by atoms with van der Waals surface area (Å²) in [6.45, 7) is 0. The van der Waals surface area contributed by atoms with E-state index >= 15 is 0 Å². The standard InChI is InChI=1S/C19H22N3P/c20-12-14-3-5-15(6-4-14)19(22,10-9-13-1-2-13)16-7-8-18(23)17(21)11-16/h3-8,11,13H,1-2,9-10,21-23H2. The van der Waals surface area contributed by atoms with Gasteiger partial charge in [0, 0.05) is 5.69 Å². The smallest absolute Gasteiger partial charge is 0.0991 e. The number of hydrogen-bond donors (Lipinski definition) is 2. The van der Waals surface area contributed by atoms with E-state index in [0.717, 1.165) is 40.9 Å². The zero-order valence-electron chi connectivity index (χ0n) is 13.1. The highest BCUT2D eigenvalue weighted by Crippen LogP contribution is 2.40. The highest BCUT2D eigenvalue weighted by atomic mass is 31.0. The average Bonchev–Trinajstić information content (AvgIpc) is 3.39. The zero-order chi connectivity index (χ0) is 16.4. The van der Waals surface area contributed by atoms with E-state index in [-0.39, 0.29) is 0 Å². The molecule has 0 aromatic heterocycles. The van der Waals surface area contributed by atoms with Gasteiger partial charge in [0.1, 0.15) is 0 Å². The highest BCUT2D eigenvalue weighted by molar-refractivity contribution is 7.28. The van der Waals surface area contributed by atoms with Crippen LogP contribution >= 0.6 is 9.24 Å². The number of nitrogens with two attached hydrogens (primary N) is 2. The molecular weight excluding hydrogens is 301 g/mol. The lowest BCUT2D eigenvalue weighted by Crippen LogP contribution is -2.38. The summed E-state index contributed by atoms with van der Waals surface area (Å²) >= 11 is 0. The van der Waals surface area contributed by atoms with Crippen molar-refractivity contribution in [1.29, 1.82) is 5.26 Å². The molecule has 3 rings (SSSR count). The molecule has 0 amide bonds. The molecule has 0 bridgehead atoms. The van der Waals surface area contributed by atoms with E-state index in [4.69, 9.17) is 16.7 Å². The molecule has 3 nitrogen and oxygen atoms in total. The van der Waals surface area contributed by atoms with Gasteiger partial charge in [-0.1, -0.05) is 37.1 Å². The Morgan fingerprint density at radius 1 is 1.13 bits per heavy atom. The van der Waals surface area contributed by atoms with Crippen LogP contribution in [0.4, 0.5) is 5.69 Å². The van der Waals surface area contributed by atoms with Crippen molar-refractivity contribution in [1.82, 2.24) is 0 Å². The van der Waals surface area contributed by atoms with Crippen LogP contribution in [-0.2, 0) is 5.54 Å². The molecule has 2 atom stereocenters. The van der Waals surface area contributed by atoms with E-state index in [1.807, 2.05) is 36.4 Å². The second-order valence-corrected chi connectivity index (χ2v) is 7.11. The number of anilines is 1. The quantitative estimate of drug-likeness (QED) is 0.656. The Bertz CT molecular complexity index is 744. The van der Waals surface area contributed by atoms with Crippen molar-refractivity contribution in [2.45, 2.75) is 31.2 Å². The molecule has 0 radical (unpaired) electrons. The minimum absolute atomic E-state index is 0.566. The van der Waals surface area contributed by atoms with Gasteiger partial charge in [-0.15, -0.1) is 9.24 Å². The van der Waals surface area contributed by atoms with Gasteiger partial charge in [-0.3, -0.25) is 0 Å². The second kappa shape index (κ2) is 6.32. The van der Waals surface area contributed by atoms with Gasteiger partial charge in [-0.05, 0) is 53.4 Å². The van der Waals surface area contributed by atoms with Crippen LogP contribution in [0.1, 0.15) is 42.4 Å². The first-order chi connectivity index (χ1) is 11.0. The van der Waals surface area contributed by atoms with Crippen molar-refractivity contribution in [3.8, 4) is 6.07 Å². The van der Waals surface area contributed by atoms with E-state index in [2.05, 4.69) is 21.4 Å². The van der Waals surface area contributed by atoms with Crippen molar-refractivity contribution >= 4 is 20.2 Å².